The van der Waals surface area contributed by atoms with Crippen molar-refractivity contribution in [1.82, 2.24) is 29.1 Å². The Hall–Kier alpha value is -4.81. The topological polar surface area (TPSA) is 113 Å². The fourth-order valence-electron chi connectivity index (χ4n) is 5.89. The first-order chi connectivity index (χ1) is 23.2. The summed E-state index contributed by atoms with van der Waals surface area (Å²) in [6.45, 7) is 2.30. The molecule has 0 radical (unpaired) electrons. The minimum atomic E-state index is -0.458. The number of benzene rings is 3. The van der Waals surface area contributed by atoms with Crippen molar-refractivity contribution in [2.45, 2.75) is 51.5 Å². The fraction of sp³-hybridized carbons (Fsp3) is 0.257. The third kappa shape index (κ3) is 6.13. The number of methoxy groups -OCH3 is 1. The lowest BCUT2D eigenvalue weighted by Crippen LogP contribution is -2.47. The molecule has 1 fully saturated rings. The number of carbonyl (C=O) groups excluding carboxylic acids is 2. The zero-order chi connectivity index (χ0) is 33.5. The van der Waals surface area contributed by atoms with Crippen LogP contribution in [0.2, 0.25) is 5.02 Å². The summed E-state index contributed by atoms with van der Waals surface area (Å²) in [5.74, 6) is 0.598. The first-order valence-corrected chi connectivity index (χ1v) is 16.7. The van der Waals surface area contributed by atoms with Crippen molar-refractivity contribution >= 4 is 39.3 Å². The fourth-order valence-corrected chi connectivity index (χ4v) is 6.32. The van der Waals surface area contributed by atoms with E-state index in [2.05, 4.69) is 26.3 Å². The van der Waals surface area contributed by atoms with Crippen LogP contribution in [-0.4, -0.2) is 54.9 Å². The smallest absolute Gasteiger partial charge is 0.333 e. The molecule has 3 heterocycles. The van der Waals surface area contributed by atoms with E-state index in [9.17, 15) is 14.4 Å². The van der Waals surface area contributed by atoms with Crippen LogP contribution in [0, 0.1) is 0 Å². The van der Waals surface area contributed by atoms with Crippen LogP contribution in [0.1, 0.15) is 51.9 Å². The van der Waals surface area contributed by atoms with Gasteiger partial charge in [0.2, 0.25) is 0 Å². The second kappa shape index (κ2) is 13.0. The molecular formula is C35H32BrClN6O5. The number of ether oxygens (including phenoxy) is 2. The highest BCUT2D eigenvalue weighted by atomic mass is 79.9. The number of nitrogens with zero attached hydrogens (tertiary/aromatic N) is 5. The summed E-state index contributed by atoms with van der Waals surface area (Å²) >= 11 is 9.70. The number of imidazole rings is 1. The van der Waals surface area contributed by atoms with Gasteiger partial charge in [0, 0.05) is 29.2 Å². The molecule has 1 unspecified atom stereocenters. The molecule has 0 bridgehead atoms. The largest absolute Gasteiger partial charge is 0.493 e. The Morgan fingerprint density at radius 2 is 1.83 bits per heavy atom. The van der Waals surface area contributed by atoms with Crippen molar-refractivity contribution < 1.29 is 19.1 Å². The molecule has 1 N–H and O–H groups in total. The molecule has 1 aliphatic carbocycles. The van der Waals surface area contributed by atoms with Gasteiger partial charge in [-0.05, 0) is 89.8 Å². The van der Waals surface area contributed by atoms with Crippen LogP contribution < -0.4 is 20.5 Å². The SMILES string of the molecule is COc1cnn(-c2ccccc2CNC(=O)c2c3n(c(=O)n2-c2ccc(OC4CC4)cc2)CC(C)N(C(=O)c2ccc(Br)c(Cl)c2)C3)c1. The number of hydrogen-bond acceptors (Lipinski definition) is 6. The van der Waals surface area contributed by atoms with Crippen LogP contribution in [0.3, 0.4) is 0 Å². The van der Waals surface area contributed by atoms with Gasteiger partial charge in [-0.2, -0.15) is 5.10 Å². The highest BCUT2D eigenvalue weighted by Crippen LogP contribution is 2.30. The second-order valence-electron chi connectivity index (χ2n) is 11.9. The van der Waals surface area contributed by atoms with E-state index in [-0.39, 0.29) is 49.1 Å². The van der Waals surface area contributed by atoms with Crippen molar-refractivity contribution in [3.05, 3.63) is 122 Å². The molecule has 2 aliphatic rings. The third-order valence-corrected chi connectivity index (χ3v) is 9.81. The summed E-state index contributed by atoms with van der Waals surface area (Å²) < 4.78 is 16.6. The van der Waals surface area contributed by atoms with Crippen LogP contribution in [-0.2, 0) is 19.6 Å². The summed E-state index contributed by atoms with van der Waals surface area (Å²) in [6, 6.07) is 19.4. The first-order valence-electron chi connectivity index (χ1n) is 15.5. The van der Waals surface area contributed by atoms with Gasteiger partial charge in [-0.3, -0.25) is 18.7 Å². The van der Waals surface area contributed by atoms with Gasteiger partial charge in [-0.1, -0.05) is 29.8 Å². The lowest BCUT2D eigenvalue weighted by Gasteiger charge is -2.34. The molecule has 48 heavy (non-hydrogen) atoms. The molecule has 1 aliphatic heterocycles. The van der Waals surface area contributed by atoms with Gasteiger partial charge in [0.15, 0.2) is 5.75 Å². The highest BCUT2D eigenvalue weighted by molar-refractivity contribution is 9.10. The average Bonchev–Trinajstić information content (AvgIpc) is 3.70. The molecule has 11 nitrogen and oxygen atoms in total. The molecule has 0 spiro atoms. The Kier molecular flexibility index (Phi) is 8.61. The molecule has 0 saturated heterocycles. The van der Waals surface area contributed by atoms with E-state index in [0.29, 0.717) is 37.9 Å². The van der Waals surface area contributed by atoms with Crippen molar-refractivity contribution in [3.8, 4) is 22.9 Å². The molecule has 5 aromatic rings. The van der Waals surface area contributed by atoms with Crippen LogP contribution >= 0.6 is 27.5 Å². The van der Waals surface area contributed by atoms with Crippen molar-refractivity contribution in [2.24, 2.45) is 0 Å². The minimum absolute atomic E-state index is 0.0468. The van der Waals surface area contributed by atoms with Crippen LogP contribution in [0.5, 0.6) is 11.5 Å². The third-order valence-electron chi connectivity index (χ3n) is 8.58. The summed E-state index contributed by atoms with van der Waals surface area (Å²) in [7, 11) is 1.57. The van der Waals surface area contributed by atoms with Gasteiger partial charge in [-0.15, -0.1) is 0 Å². The number of hydrogen-bond donors (Lipinski definition) is 1. The van der Waals surface area contributed by atoms with E-state index in [4.69, 9.17) is 21.1 Å². The summed E-state index contributed by atoms with van der Waals surface area (Å²) in [5, 5.41) is 7.83. The number of halogens is 2. The number of fused-ring (bicyclic) bond motifs is 1. The van der Waals surface area contributed by atoms with Gasteiger partial charge >= 0.3 is 5.69 Å². The van der Waals surface area contributed by atoms with Crippen molar-refractivity contribution in [3.63, 3.8) is 0 Å². The normalized spacial score (nSPS) is 15.6. The predicted molar refractivity (Wildman–Crippen MR) is 183 cm³/mol. The van der Waals surface area contributed by atoms with Gasteiger partial charge in [-0.25, -0.2) is 9.48 Å². The number of nitrogens with one attached hydrogen (secondary N) is 1. The van der Waals surface area contributed by atoms with Crippen LogP contribution in [0.15, 0.2) is 88.4 Å². The summed E-state index contributed by atoms with van der Waals surface area (Å²) in [6.07, 6.45) is 5.63. The van der Waals surface area contributed by atoms with Gasteiger partial charge in [0.25, 0.3) is 11.8 Å². The molecule has 7 rings (SSSR count). The van der Waals surface area contributed by atoms with Gasteiger partial charge < -0.3 is 19.7 Å². The number of amides is 2. The number of aromatic nitrogens is 4. The Bertz CT molecular complexity index is 2080. The van der Waals surface area contributed by atoms with E-state index in [0.717, 1.165) is 24.1 Å². The standard InChI is InChI=1S/C35H32BrClN6O5/c1-21-18-41-31(20-40(21)34(45)22-7-14-28(36)29(37)15-22)32(43(35(41)46)24-8-10-25(11-9-24)48-26-12-13-26)33(44)38-16-23-5-3-4-6-30(23)42-19-27(47-2)17-39-42/h3-11,14-15,17,19,21,26H,12-13,16,18,20H2,1-2H3,(H,38,44). The molecule has 2 aromatic heterocycles. The van der Waals surface area contributed by atoms with Gasteiger partial charge in [0.05, 0.1) is 54.2 Å². The van der Waals surface area contributed by atoms with E-state index in [1.807, 2.05) is 43.3 Å². The molecular weight excluding hydrogens is 700 g/mol. The molecule has 3 aromatic carbocycles. The maximum atomic E-state index is 14.2. The predicted octanol–water partition coefficient (Wildman–Crippen LogP) is 5.76. The number of carbonyl (C=O) groups is 2. The van der Waals surface area contributed by atoms with E-state index < -0.39 is 5.91 Å². The molecule has 246 valence electrons. The lowest BCUT2D eigenvalue weighted by atomic mass is 10.1. The van der Waals surface area contributed by atoms with Gasteiger partial charge in [0.1, 0.15) is 11.4 Å². The first kappa shape index (κ1) is 31.8. The Morgan fingerprint density at radius 3 is 2.54 bits per heavy atom. The van der Waals surface area contributed by atoms with E-state index >= 15 is 0 Å². The second-order valence-corrected chi connectivity index (χ2v) is 13.1. The zero-order valence-corrected chi connectivity index (χ0v) is 28.6. The lowest BCUT2D eigenvalue weighted by molar-refractivity contribution is 0.0610. The summed E-state index contributed by atoms with van der Waals surface area (Å²) in [4.78, 5) is 43.8. The minimum Gasteiger partial charge on any atom is -0.493 e. The molecule has 2 amide bonds. The molecule has 1 atom stereocenters. The van der Waals surface area contributed by atoms with E-state index in [1.165, 1.54) is 4.57 Å². The molecule has 13 heteroatoms. The average molecular weight is 732 g/mol. The van der Waals surface area contributed by atoms with E-state index in [1.54, 1.807) is 64.0 Å². The monoisotopic (exact) mass is 730 g/mol. The maximum Gasteiger partial charge on any atom is 0.333 e. The van der Waals surface area contributed by atoms with Crippen molar-refractivity contribution in [1.29, 1.82) is 0 Å². The quantitative estimate of drug-likeness (QED) is 0.206. The maximum absolute atomic E-state index is 14.2. The number of para-hydroxylation sites is 1. The number of rotatable bonds is 9. The Balaban J connectivity index is 1.25. The zero-order valence-electron chi connectivity index (χ0n) is 26.2. The summed E-state index contributed by atoms with van der Waals surface area (Å²) in [5.41, 5.74) is 2.74. The Labute approximate surface area is 289 Å². The Morgan fingerprint density at radius 1 is 1.06 bits per heavy atom. The highest BCUT2D eigenvalue weighted by Gasteiger charge is 2.35. The van der Waals surface area contributed by atoms with Crippen LogP contribution in [0.25, 0.3) is 11.4 Å². The van der Waals surface area contributed by atoms with Crippen molar-refractivity contribution in [2.75, 3.05) is 7.11 Å². The van der Waals surface area contributed by atoms with Crippen LogP contribution in [0.4, 0.5) is 0 Å². The molecule has 1 saturated carbocycles.